The molecule has 0 aliphatic carbocycles. The molecule has 2 N–H and O–H groups in total. The second-order valence-electron chi connectivity index (χ2n) is 4.42. The van der Waals surface area contributed by atoms with Crippen molar-refractivity contribution in [3.05, 3.63) is 35.9 Å². The summed E-state index contributed by atoms with van der Waals surface area (Å²) in [6, 6.07) is 9.00. The van der Waals surface area contributed by atoms with Crippen molar-refractivity contribution in [1.82, 2.24) is 5.32 Å². The molecule has 1 rings (SSSR count). The number of rotatable bonds is 9. The van der Waals surface area contributed by atoms with Gasteiger partial charge in [-0.15, -0.1) is 0 Å². The van der Waals surface area contributed by atoms with E-state index in [2.05, 4.69) is 5.32 Å². The summed E-state index contributed by atoms with van der Waals surface area (Å²) >= 11 is 0. The number of hydrogen-bond acceptors (Lipinski definition) is 3. The van der Waals surface area contributed by atoms with E-state index in [-0.39, 0.29) is 31.1 Å². The van der Waals surface area contributed by atoms with E-state index in [1.54, 1.807) is 12.1 Å². The van der Waals surface area contributed by atoms with Gasteiger partial charge in [-0.3, -0.25) is 9.59 Å². The number of unbranched alkanes of at least 4 members (excludes halogenated alkanes) is 2. The number of Topliss-reactive ketones (excluding diaryl/α,β-unsaturated/α-hetero) is 1. The molecule has 4 heteroatoms. The maximum Gasteiger partial charge on any atom is 0.220 e. The van der Waals surface area contributed by atoms with Crippen LogP contribution in [0, 0.1) is 0 Å². The van der Waals surface area contributed by atoms with Crippen molar-refractivity contribution in [3.8, 4) is 0 Å². The number of hydrogen-bond donors (Lipinski definition) is 2. The highest BCUT2D eigenvalue weighted by molar-refractivity contribution is 5.97. The van der Waals surface area contributed by atoms with Gasteiger partial charge in [0.25, 0.3) is 0 Å². The predicted molar refractivity (Wildman–Crippen MR) is 74.0 cm³/mol. The van der Waals surface area contributed by atoms with Crippen LogP contribution < -0.4 is 5.32 Å². The lowest BCUT2D eigenvalue weighted by molar-refractivity contribution is -0.121. The molecule has 0 fully saturated rings. The monoisotopic (exact) mass is 263 g/mol. The topological polar surface area (TPSA) is 66.4 Å². The molecule has 0 saturated heterocycles. The van der Waals surface area contributed by atoms with Gasteiger partial charge in [0.05, 0.1) is 0 Å². The van der Waals surface area contributed by atoms with Crippen LogP contribution in [-0.2, 0) is 4.79 Å². The molecule has 1 amide bonds. The fraction of sp³-hybridized carbons (Fsp3) is 0.467. The molecule has 0 heterocycles. The van der Waals surface area contributed by atoms with Gasteiger partial charge >= 0.3 is 0 Å². The van der Waals surface area contributed by atoms with Crippen molar-refractivity contribution in [2.45, 2.75) is 32.1 Å². The molecule has 0 spiro atoms. The number of carbonyl (C=O) groups excluding carboxylic acids is 2. The van der Waals surface area contributed by atoms with Crippen LogP contribution in [0.3, 0.4) is 0 Å². The maximum atomic E-state index is 11.8. The number of ketones is 1. The SMILES string of the molecule is O=C(CCC(=O)c1ccccc1)NCCCCCO. The summed E-state index contributed by atoms with van der Waals surface area (Å²) in [5.74, 6) is -0.0932. The second kappa shape index (κ2) is 9.28. The minimum absolute atomic E-state index is 0.00368. The number of nitrogens with one attached hydrogen (secondary N) is 1. The quantitative estimate of drug-likeness (QED) is 0.528. The van der Waals surface area contributed by atoms with Crippen molar-refractivity contribution in [3.63, 3.8) is 0 Å². The maximum absolute atomic E-state index is 11.8. The van der Waals surface area contributed by atoms with Crippen LogP contribution in [-0.4, -0.2) is 29.9 Å². The minimum atomic E-state index is -0.0896. The Morgan fingerprint density at radius 1 is 1.00 bits per heavy atom. The van der Waals surface area contributed by atoms with Gasteiger partial charge in [-0.25, -0.2) is 0 Å². The van der Waals surface area contributed by atoms with Crippen LogP contribution in [0.2, 0.25) is 0 Å². The van der Waals surface area contributed by atoms with Gasteiger partial charge in [0.2, 0.25) is 5.91 Å². The van der Waals surface area contributed by atoms with Crippen LogP contribution in [0.15, 0.2) is 30.3 Å². The summed E-state index contributed by atoms with van der Waals surface area (Å²) in [6.45, 7) is 0.803. The first-order valence-electron chi connectivity index (χ1n) is 6.70. The van der Waals surface area contributed by atoms with Gasteiger partial charge in [0, 0.05) is 31.6 Å². The van der Waals surface area contributed by atoms with Crippen molar-refractivity contribution in [2.24, 2.45) is 0 Å². The Morgan fingerprint density at radius 2 is 1.74 bits per heavy atom. The van der Waals surface area contributed by atoms with E-state index in [1.807, 2.05) is 18.2 Å². The highest BCUT2D eigenvalue weighted by Crippen LogP contribution is 2.04. The first kappa shape index (κ1) is 15.4. The number of amides is 1. The minimum Gasteiger partial charge on any atom is -0.396 e. The Kier molecular flexibility index (Phi) is 7.51. The van der Waals surface area contributed by atoms with E-state index < -0.39 is 0 Å². The fourth-order valence-electron chi connectivity index (χ4n) is 1.73. The smallest absolute Gasteiger partial charge is 0.220 e. The molecule has 19 heavy (non-hydrogen) atoms. The average molecular weight is 263 g/mol. The Labute approximate surface area is 113 Å². The third kappa shape index (κ3) is 6.72. The molecule has 0 atom stereocenters. The van der Waals surface area contributed by atoms with E-state index in [0.29, 0.717) is 12.1 Å². The average Bonchev–Trinajstić information content (AvgIpc) is 2.45. The molecule has 0 aliphatic heterocycles. The predicted octanol–water partition coefficient (Wildman–Crippen LogP) is 1.93. The molecule has 4 nitrogen and oxygen atoms in total. The van der Waals surface area contributed by atoms with Crippen LogP contribution in [0.25, 0.3) is 0 Å². The van der Waals surface area contributed by atoms with Gasteiger partial charge in [-0.05, 0) is 19.3 Å². The first-order chi connectivity index (χ1) is 9.24. The summed E-state index contributed by atoms with van der Waals surface area (Å²) in [5.41, 5.74) is 0.651. The number of carbonyl (C=O) groups is 2. The second-order valence-corrected chi connectivity index (χ2v) is 4.42. The number of aliphatic hydroxyl groups is 1. The van der Waals surface area contributed by atoms with Crippen molar-refractivity contribution in [2.75, 3.05) is 13.2 Å². The Morgan fingerprint density at radius 3 is 2.42 bits per heavy atom. The molecule has 0 saturated carbocycles. The van der Waals surface area contributed by atoms with Crippen LogP contribution in [0.1, 0.15) is 42.5 Å². The van der Waals surface area contributed by atoms with Crippen molar-refractivity contribution < 1.29 is 14.7 Å². The summed E-state index contributed by atoms with van der Waals surface area (Å²) in [7, 11) is 0. The third-order valence-electron chi connectivity index (χ3n) is 2.83. The highest BCUT2D eigenvalue weighted by Gasteiger charge is 2.08. The van der Waals surface area contributed by atoms with E-state index in [0.717, 1.165) is 19.3 Å². The van der Waals surface area contributed by atoms with Crippen LogP contribution in [0.4, 0.5) is 0 Å². The molecule has 1 aromatic rings. The summed E-state index contributed by atoms with van der Waals surface area (Å²) in [5, 5.41) is 11.4. The zero-order valence-electron chi connectivity index (χ0n) is 11.1. The lowest BCUT2D eigenvalue weighted by Gasteiger charge is -2.04. The zero-order valence-corrected chi connectivity index (χ0v) is 11.1. The van der Waals surface area contributed by atoms with Crippen LogP contribution >= 0.6 is 0 Å². The number of benzene rings is 1. The summed E-state index contributed by atoms with van der Waals surface area (Å²) in [4.78, 5) is 23.3. The molecule has 104 valence electrons. The standard InChI is InChI=1S/C15H21NO3/c17-12-6-2-5-11-16-15(19)10-9-14(18)13-7-3-1-4-8-13/h1,3-4,7-8,17H,2,5-6,9-12H2,(H,16,19). The zero-order chi connectivity index (χ0) is 13.9. The van der Waals surface area contributed by atoms with Gasteiger partial charge < -0.3 is 10.4 Å². The summed E-state index contributed by atoms with van der Waals surface area (Å²) < 4.78 is 0. The van der Waals surface area contributed by atoms with E-state index >= 15 is 0 Å². The number of aliphatic hydroxyl groups excluding tert-OH is 1. The van der Waals surface area contributed by atoms with Gasteiger partial charge in [-0.1, -0.05) is 30.3 Å². The summed E-state index contributed by atoms with van der Waals surface area (Å²) in [6.07, 6.45) is 3.00. The molecular formula is C15H21NO3. The lowest BCUT2D eigenvalue weighted by atomic mass is 10.1. The molecule has 0 aromatic heterocycles. The van der Waals surface area contributed by atoms with Crippen LogP contribution in [0.5, 0.6) is 0 Å². The van der Waals surface area contributed by atoms with Gasteiger partial charge in [-0.2, -0.15) is 0 Å². The van der Waals surface area contributed by atoms with Gasteiger partial charge in [0.1, 0.15) is 0 Å². The van der Waals surface area contributed by atoms with Crippen molar-refractivity contribution >= 4 is 11.7 Å². The Bertz CT molecular complexity index is 390. The molecule has 0 aliphatic rings. The Hall–Kier alpha value is -1.68. The first-order valence-corrected chi connectivity index (χ1v) is 6.70. The molecular weight excluding hydrogens is 242 g/mol. The largest absolute Gasteiger partial charge is 0.396 e. The molecule has 1 aromatic carbocycles. The van der Waals surface area contributed by atoms with E-state index in [1.165, 1.54) is 0 Å². The third-order valence-corrected chi connectivity index (χ3v) is 2.83. The normalized spacial score (nSPS) is 10.2. The fourth-order valence-corrected chi connectivity index (χ4v) is 1.73. The van der Waals surface area contributed by atoms with Crippen molar-refractivity contribution in [1.29, 1.82) is 0 Å². The Balaban J connectivity index is 2.15. The molecule has 0 bridgehead atoms. The van der Waals surface area contributed by atoms with E-state index in [9.17, 15) is 9.59 Å². The molecule has 0 radical (unpaired) electrons. The lowest BCUT2D eigenvalue weighted by Crippen LogP contribution is -2.24. The van der Waals surface area contributed by atoms with Gasteiger partial charge in [0.15, 0.2) is 5.78 Å². The van der Waals surface area contributed by atoms with E-state index in [4.69, 9.17) is 5.11 Å². The molecule has 0 unspecified atom stereocenters. The highest BCUT2D eigenvalue weighted by atomic mass is 16.2.